The van der Waals surface area contributed by atoms with Gasteiger partial charge >= 0.3 is 6.03 Å². The molecule has 0 radical (unpaired) electrons. The fourth-order valence-electron chi connectivity index (χ4n) is 3.24. The predicted molar refractivity (Wildman–Crippen MR) is 74.5 cm³/mol. The number of likely N-dealkylation sites (tertiary alicyclic amines) is 1. The number of nitrogens with one attached hydrogen (secondary N) is 1. The van der Waals surface area contributed by atoms with Gasteiger partial charge in [-0.15, -0.1) is 0 Å². The lowest BCUT2D eigenvalue weighted by atomic mass is 9.80. The molecule has 0 aromatic rings. The molecular weight excluding hydrogens is 224 g/mol. The van der Waals surface area contributed by atoms with Crippen molar-refractivity contribution in [3.05, 3.63) is 0 Å². The van der Waals surface area contributed by atoms with E-state index in [-0.39, 0.29) is 6.03 Å². The van der Waals surface area contributed by atoms with E-state index in [9.17, 15) is 4.79 Å². The van der Waals surface area contributed by atoms with Gasteiger partial charge in [0.1, 0.15) is 0 Å². The topological polar surface area (TPSA) is 32.3 Å². The first kappa shape index (κ1) is 13.7. The highest BCUT2D eigenvalue weighted by atomic mass is 16.2. The Hall–Kier alpha value is -0.730. The molecule has 18 heavy (non-hydrogen) atoms. The molecular formula is C15H28N2O. The molecule has 2 amide bonds. The Bertz CT molecular complexity index is 272. The van der Waals surface area contributed by atoms with E-state index in [4.69, 9.17) is 0 Å². The molecule has 0 bridgehead atoms. The van der Waals surface area contributed by atoms with Gasteiger partial charge < -0.3 is 10.2 Å². The smallest absolute Gasteiger partial charge is 0.317 e. The van der Waals surface area contributed by atoms with E-state index in [0.717, 1.165) is 44.3 Å². The molecule has 104 valence electrons. The first-order valence-electron chi connectivity index (χ1n) is 7.69. The van der Waals surface area contributed by atoms with Crippen LogP contribution in [0.15, 0.2) is 0 Å². The van der Waals surface area contributed by atoms with Crippen LogP contribution in [0.1, 0.15) is 52.4 Å². The van der Waals surface area contributed by atoms with Gasteiger partial charge in [-0.1, -0.05) is 33.1 Å². The summed E-state index contributed by atoms with van der Waals surface area (Å²) >= 11 is 0. The Morgan fingerprint density at radius 2 is 1.78 bits per heavy atom. The van der Waals surface area contributed by atoms with Crippen LogP contribution >= 0.6 is 0 Å². The zero-order valence-corrected chi connectivity index (χ0v) is 12.0. The van der Waals surface area contributed by atoms with E-state index in [2.05, 4.69) is 19.2 Å². The summed E-state index contributed by atoms with van der Waals surface area (Å²) in [5.41, 5.74) is 0. The van der Waals surface area contributed by atoms with Crippen molar-refractivity contribution in [2.75, 3.05) is 19.6 Å². The van der Waals surface area contributed by atoms with Crippen LogP contribution in [0.5, 0.6) is 0 Å². The minimum Gasteiger partial charge on any atom is -0.338 e. The standard InChI is InChI=1S/C15H28N2O/c1-12-7-9-17(10-8-12)15(18)16-11-14-6-4-3-5-13(14)2/h12-14H,3-11H2,1-2H3,(H,16,18). The molecule has 1 N–H and O–H groups in total. The summed E-state index contributed by atoms with van der Waals surface area (Å²) in [5, 5.41) is 3.15. The Balaban J connectivity index is 1.70. The summed E-state index contributed by atoms with van der Waals surface area (Å²) in [4.78, 5) is 14.1. The Kier molecular flexibility index (Phi) is 4.90. The molecule has 3 heteroatoms. The van der Waals surface area contributed by atoms with Crippen LogP contribution in [0.4, 0.5) is 4.79 Å². The highest BCUT2D eigenvalue weighted by Gasteiger charge is 2.24. The van der Waals surface area contributed by atoms with Gasteiger partial charge in [-0.05, 0) is 37.0 Å². The van der Waals surface area contributed by atoms with Crippen LogP contribution in [0, 0.1) is 17.8 Å². The maximum atomic E-state index is 12.1. The second-order valence-corrected chi connectivity index (χ2v) is 6.38. The number of hydrogen-bond donors (Lipinski definition) is 1. The molecule has 2 atom stereocenters. The van der Waals surface area contributed by atoms with E-state index >= 15 is 0 Å². The van der Waals surface area contributed by atoms with Gasteiger partial charge in [-0.25, -0.2) is 4.79 Å². The summed E-state index contributed by atoms with van der Waals surface area (Å²) in [5.74, 6) is 2.26. The van der Waals surface area contributed by atoms with Gasteiger partial charge in [0.15, 0.2) is 0 Å². The number of carbonyl (C=O) groups is 1. The third kappa shape index (κ3) is 3.63. The molecule has 1 saturated heterocycles. The van der Waals surface area contributed by atoms with Crippen LogP contribution in [0.2, 0.25) is 0 Å². The summed E-state index contributed by atoms with van der Waals surface area (Å²) in [6.45, 7) is 7.37. The van der Waals surface area contributed by atoms with Crippen molar-refractivity contribution in [2.24, 2.45) is 17.8 Å². The number of hydrogen-bond acceptors (Lipinski definition) is 1. The Labute approximate surface area is 111 Å². The second-order valence-electron chi connectivity index (χ2n) is 6.38. The second kappa shape index (κ2) is 6.44. The van der Waals surface area contributed by atoms with Crippen molar-refractivity contribution in [2.45, 2.75) is 52.4 Å². The monoisotopic (exact) mass is 252 g/mol. The minimum atomic E-state index is 0.166. The highest BCUT2D eigenvalue weighted by molar-refractivity contribution is 5.74. The normalized spacial score (nSPS) is 30.2. The average molecular weight is 252 g/mol. The Morgan fingerprint density at radius 1 is 1.11 bits per heavy atom. The zero-order valence-electron chi connectivity index (χ0n) is 12.0. The molecule has 1 saturated carbocycles. The third-order valence-electron chi connectivity index (χ3n) is 4.88. The van der Waals surface area contributed by atoms with Gasteiger partial charge in [0.2, 0.25) is 0 Å². The molecule has 0 spiro atoms. The fraction of sp³-hybridized carbons (Fsp3) is 0.933. The summed E-state index contributed by atoms with van der Waals surface area (Å²) in [7, 11) is 0. The van der Waals surface area contributed by atoms with Gasteiger partial charge in [0, 0.05) is 19.6 Å². The molecule has 0 aromatic heterocycles. The number of piperidine rings is 1. The summed E-state index contributed by atoms with van der Waals surface area (Å²) < 4.78 is 0. The fourth-order valence-corrected chi connectivity index (χ4v) is 3.24. The number of amides is 2. The molecule has 3 nitrogen and oxygen atoms in total. The maximum Gasteiger partial charge on any atom is 0.317 e. The Morgan fingerprint density at radius 3 is 2.44 bits per heavy atom. The van der Waals surface area contributed by atoms with Gasteiger partial charge in [0.25, 0.3) is 0 Å². The molecule has 2 unspecified atom stereocenters. The highest BCUT2D eigenvalue weighted by Crippen LogP contribution is 2.28. The largest absolute Gasteiger partial charge is 0.338 e. The first-order chi connectivity index (χ1) is 8.66. The van der Waals surface area contributed by atoms with E-state index in [1.165, 1.54) is 25.7 Å². The van der Waals surface area contributed by atoms with Gasteiger partial charge in [-0.2, -0.15) is 0 Å². The van der Waals surface area contributed by atoms with Crippen molar-refractivity contribution in [3.8, 4) is 0 Å². The lowest BCUT2D eigenvalue weighted by Crippen LogP contribution is -2.46. The summed E-state index contributed by atoms with van der Waals surface area (Å²) in [6, 6.07) is 0.166. The zero-order chi connectivity index (χ0) is 13.0. The van der Waals surface area contributed by atoms with Crippen molar-refractivity contribution in [1.29, 1.82) is 0 Å². The molecule has 2 aliphatic rings. The SMILES string of the molecule is CC1CCN(C(=O)NCC2CCCCC2C)CC1. The number of urea groups is 1. The van der Waals surface area contributed by atoms with Gasteiger partial charge in [0.05, 0.1) is 0 Å². The van der Waals surface area contributed by atoms with E-state index in [0.29, 0.717) is 5.92 Å². The molecule has 0 aromatic carbocycles. The van der Waals surface area contributed by atoms with Crippen LogP contribution in [0.25, 0.3) is 0 Å². The van der Waals surface area contributed by atoms with E-state index in [1.807, 2.05) is 4.90 Å². The molecule has 1 aliphatic heterocycles. The lowest BCUT2D eigenvalue weighted by molar-refractivity contribution is 0.167. The van der Waals surface area contributed by atoms with Crippen LogP contribution < -0.4 is 5.32 Å². The van der Waals surface area contributed by atoms with Crippen molar-refractivity contribution in [1.82, 2.24) is 10.2 Å². The van der Waals surface area contributed by atoms with E-state index in [1.54, 1.807) is 0 Å². The quantitative estimate of drug-likeness (QED) is 0.804. The van der Waals surface area contributed by atoms with Crippen LogP contribution in [-0.4, -0.2) is 30.6 Å². The third-order valence-corrected chi connectivity index (χ3v) is 4.88. The lowest BCUT2D eigenvalue weighted by Gasteiger charge is -2.32. The number of carbonyl (C=O) groups excluding carboxylic acids is 1. The summed E-state index contributed by atoms with van der Waals surface area (Å²) in [6.07, 6.45) is 7.66. The number of nitrogens with zero attached hydrogens (tertiary/aromatic N) is 1. The predicted octanol–water partition coefficient (Wildman–Crippen LogP) is 3.25. The van der Waals surface area contributed by atoms with Gasteiger partial charge in [-0.3, -0.25) is 0 Å². The van der Waals surface area contributed by atoms with Crippen molar-refractivity contribution < 1.29 is 4.79 Å². The molecule has 1 heterocycles. The van der Waals surface area contributed by atoms with Crippen molar-refractivity contribution in [3.63, 3.8) is 0 Å². The average Bonchev–Trinajstić information content (AvgIpc) is 2.38. The van der Waals surface area contributed by atoms with E-state index < -0.39 is 0 Å². The molecule has 2 rings (SSSR count). The first-order valence-corrected chi connectivity index (χ1v) is 7.69. The number of rotatable bonds is 2. The molecule has 2 fully saturated rings. The molecule has 1 aliphatic carbocycles. The van der Waals surface area contributed by atoms with Crippen LogP contribution in [0.3, 0.4) is 0 Å². The maximum absolute atomic E-state index is 12.1. The van der Waals surface area contributed by atoms with Crippen LogP contribution in [-0.2, 0) is 0 Å². The van der Waals surface area contributed by atoms with Crippen molar-refractivity contribution >= 4 is 6.03 Å². The minimum absolute atomic E-state index is 0.166.